The van der Waals surface area contributed by atoms with Crippen LogP contribution in [-0.2, 0) is 13.1 Å². The largest absolute Gasteiger partial charge is 0.310 e. The molecule has 1 heterocycles. The first-order valence-corrected chi connectivity index (χ1v) is 8.13. The number of hydrogen-bond acceptors (Lipinski definition) is 2. The molecule has 1 N–H and O–H groups in total. The molecule has 2 fully saturated rings. The summed E-state index contributed by atoms with van der Waals surface area (Å²) in [6.45, 7) is 4.04. The Morgan fingerprint density at radius 3 is 2.81 bits per heavy atom. The van der Waals surface area contributed by atoms with Gasteiger partial charge in [-0.3, -0.25) is 4.68 Å². The maximum atomic E-state index is 4.68. The molecule has 0 bridgehead atoms. The molecule has 0 spiro atoms. The van der Waals surface area contributed by atoms with Crippen molar-refractivity contribution in [2.45, 2.75) is 57.7 Å². The monoisotopic (exact) mass is 281 g/mol. The molecule has 4 rings (SSSR count). The van der Waals surface area contributed by atoms with Gasteiger partial charge in [-0.25, -0.2) is 0 Å². The van der Waals surface area contributed by atoms with Gasteiger partial charge in [-0.15, -0.1) is 0 Å². The molecule has 0 amide bonds. The lowest BCUT2D eigenvalue weighted by molar-refractivity contribution is 0.635. The quantitative estimate of drug-likeness (QED) is 0.880. The number of hydrogen-bond donors (Lipinski definition) is 1. The Morgan fingerprint density at radius 1 is 1.24 bits per heavy atom. The van der Waals surface area contributed by atoms with Gasteiger partial charge in [0.05, 0.1) is 12.7 Å². The Balaban J connectivity index is 1.56. The summed E-state index contributed by atoms with van der Waals surface area (Å²) in [5.74, 6) is 0.744. The molecule has 3 heteroatoms. The van der Waals surface area contributed by atoms with Gasteiger partial charge < -0.3 is 5.32 Å². The minimum atomic E-state index is 0.744. The van der Waals surface area contributed by atoms with E-state index in [0.29, 0.717) is 0 Å². The van der Waals surface area contributed by atoms with Crippen LogP contribution in [0.25, 0.3) is 0 Å². The van der Waals surface area contributed by atoms with E-state index in [4.69, 9.17) is 0 Å². The van der Waals surface area contributed by atoms with Gasteiger partial charge in [-0.1, -0.05) is 29.8 Å². The van der Waals surface area contributed by atoms with Crippen LogP contribution in [0.4, 0.5) is 0 Å². The molecule has 2 aromatic rings. The van der Waals surface area contributed by atoms with Crippen LogP contribution in [0.5, 0.6) is 0 Å². The third-order valence-electron chi connectivity index (χ3n) is 4.50. The Hall–Kier alpha value is -1.61. The van der Waals surface area contributed by atoms with E-state index in [1.807, 2.05) is 0 Å². The Labute approximate surface area is 126 Å². The predicted octanol–water partition coefficient (Wildman–Crippen LogP) is 3.37. The Morgan fingerprint density at radius 2 is 2.10 bits per heavy atom. The third kappa shape index (κ3) is 3.03. The number of aromatic nitrogens is 2. The number of nitrogens with one attached hydrogen (secondary N) is 1. The van der Waals surface area contributed by atoms with Gasteiger partial charge in [0.1, 0.15) is 0 Å². The van der Waals surface area contributed by atoms with Crippen LogP contribution in [0.1, 0.15) is 54.0 Å². The first-order chi connectivity index (χ1) is 10.3. The standard InChI is InChI=1S/C18H23N3/c1-13-3-2-4-14(9-13)12-21-18(15-5-6-15)16(11-20-21)10-19-17-7-8-17/h2-4,9,11,15,17,19H,5-8,10,12H2,1H3. The van der Waals surface area contributed by atoms with E-state index in [1.165, 1.54) is 48.1 Å². The van der Waals surface area contributed by atoms with Gasteiger partial charge >= 0.3 is 0 Å². The van der Waals surface area contributed by atoms with Crippen molar-refractivity contribution in [1.29, 1.82) is 0 Å². The molecule has 1 aromatic carbocycles. The van der Waals surface area contributed by atoms with Crippen LogP contribution in [-0.4, -0.2) is 15.8 Å². The second-order valence-corrected chi connectivity index (χ2v) is 6.63. The molecule has 2 aliphatic carbocycles. The van der Waals surface area contributed by atoms with E-state index >= 15 is 0 Å². The second-order valence-electron chi connectivity index (χ2n) is 6.63. The summed E-state index contributed by atoms with van der Waals surface area (Å²) in [5, 5.41) is 8.31. The lowest BCUT2D eigenvalue weighted by Gasteiger charge is -2.10. The third-order valence-corrected chi connectivity index (χ3v) is 4.50. The maximum absolute atomic E-state index is 4.68. The average molecular weight is 281 g/mol. The zero-order valence-electron chi connectivity index (χ0n) is 12.7. The Kier molecular flexibility index (Phi) is 3.30. The summed E-state index contributed by atoms with van der Waals surface area (Å²) in [7, 11) is 0. The summed E-state index contributed by atoms with van der Waals surface area (Å²) in [4.78, 5) is 0. The van der Waals surface area contributed by atoms with Gasteiger partial charge in [-0.05, 0) is 38.2 Å². The van der Waals surface area contributed by atoms with Gasteiger partial charge in [-0.2, -0.15) is 5.10 Å². The van der Waals surface area contributed by atoms with Crippen LogP contribution in [0.2, 0.25) is 0 Å². The SMILES string of the molecule is Cc1cccc(Cn2ncc(CNC3CC3)c2C2CC2)c1. The summed E-state index contributed by atoms with van der Waals surface area (Å²) in [5.41, 5.74) is 5.56. The fourth-order valence-electron chi connectivity index (χ4n) is 3.05. The molecule has 0 radical (unpaired) electrons. The highest BCUT2D eigenvalue weighted by atomic mass is 15.3. The number of nitrogens with zero attached hydrogens (tertiary/aromatic N) is 2. The molecule has 0 aliphatic heterocycles. The molecule has 0 saturated heterocycles. The molecule has 1 aromatic heterocycles. The van der Waals surface area contributed by atoms with Gasteiger partial charge in [0, 0.05) is 29.8 Å². The lowest BCUT2D eigenvalue weighted by Crippen LogP contribution is -2.16. The molecular weight excluding hydrogens is 258 g/mol. The smallest absolute Gasteiger partial charge is 0.0662 e. The normalized spacial score (nSPS) is 18.1. The van der Waals surface area contributed by atoms with Crippen molar-refractivity contribution in [2.24, 2.45) is 0 Å². The maximum Gasteiger partial charge on any atom is 0.0662 e. The summed E-state index contributed by atoms with van der Waals surface area (Å²) in [6.07, 6.45) is 7.43. The molecule has 0 atom stereocenters. The van der Waals surface area contributed by atoms with Crippen LogP contribution in [0, 0.1) is 6.92 Å². The fraction of sp³-hybridized carbons (Fsp3) is 0.500. The highest BCUT2D eigenvalue weighted by Crippen LogP contribution is 2.42. The van der Waals surface area contributed by atoms with Crippen molar-refractivity contribution in [3.8, 4) is 0 Å². The minimum Gasteiger partial charge on any atom is -0.310 e. The lowest BCUT2D eigenvalue weighted by atomic mass is 10.1. The zero-order valence-corrected chi connectivity index (χ0v) is 12.7. The summed E-state index contributed by atoms with van der Waals surface area (Å²) in [6, 6.07) is 9.52. The van der Waals surface area contributed by atoms with Crippen molar-refractivity contribution in [3.05, 3.63) is 52.8 Å². The van der Waals surface area contributed by atoms with Gasteiger partial charge in [0.15, 0.2) is 0 Å². The topological polar surface area (TPSA) is 29.9 Å². The van der Waals surface area contributed by atoms with Crippen LogP contribution in [0.15, 0.2) is 30.5 Å². The first-order valence-electron chi connectivity index (χ1n) is 8.13. The van der Waals surface area contributed by atoms with Crippen molar-refractivity contribution >= 4 is 0 Å². The summed E-state index contributed by atoms with van der Waals surface area (Å²) < 4.78 is 2.23. The molecular formula is C18H23N3. The molecule has 0 unspecified atom stereocenters. The first kappa shape index (κ1) is 13.1. The van der Waals surface area contributed by atoms with Crippen molar-refractivity contribution in [1.82, 2.24) is 15.1 Å². The van der Waals surface area contributed by atoms with E-state index in [9.17, 15) is 0 Å². The van der Waals surface area contributed by atoms with E-state index in [-0.39, 0.29) is 0 Å². The number of benzene rings is 1. The van der Waals surface area contributed by atoms with E-state index in [1.54, 1.807) is 0 Å². The van der Waals surface area contributed by atoms with Crippen LogP contribution < -0.4 is 5.32 Å². The van der Waals surface area contributed by atoms with E-state index in [2.05, 4.69) is 52.5 Å². The molecule has 110 valence electrons. The molecule has 3 nitrogen and oxygen atoms in total. The summed E-state index contributed by atoms with van der Waals surface area (Å²) >= 11 is 0. The molecule has 2 saturated carbocycles. The van der Waals surface area contributed by atoms with E-state index < -0.39 is 0 Å². The second kappa shape index (κ2) is 5.30. The molecule has 21 heavy (non-hydrogen) atoms. The zero-order chi connectivity index (χ0) is 14.2. The van der Waals surface area contributed by atoms with Gasteiger partial charge in [0.2, 0.25) is 0 Å². The van der Waals surface area contributed by atoms with Crippen LogP contribution in [0.3, 0.4) is 0 Å². The molecule has 2 aliphatic rings. The Bertz CT molecular complexity index is 636. The van der Waals surface area contributed by atoms with Gasteiger partial charge in [0.25, 0.3) is 0 Å². The predicted molar refractivity (Wildman–Crippen MR) is 84.3 cm³/mol. The number of rotatable bonds is 6. The highest BCUT2D eigenvalue weighted by molar-refractivity contribution is 5.28. The van der Waals surface area contributed by atoms with Crippen molar-refractivity contribution in [2.75, 3.05) is 0 Å². The van der Waals surface area contributed by atoms with E-state index in [0.717, 1.165) is 25.0 Å². The van der Waals surface area contributed by atoms with Crippen molar-refractivity contribution < 1.29 is 0 Å². The van der Waals surface area contributed by atoms with Crippen molar-refractivity contribution in [3.63, 3.8) is 0 Å². The average Bonchev–Trinajstić information content (AvgIpc) is 3.38. The minimum absolute atomic E-state index is 0.744. The number of aryl methyl sites for hydroxylation is 1. The highest BCUT2D eigenvalue weighted by Gasteiger charge is 2.30. The fourth-order valence-corrected chi connectivity index (χ4v) is 3.05. The van der Waals surface area contributed by atoms with Crippen LogP contribution >= 0.6 is 0 Å².